The fourth-order valence-electron chi connectivity index (χ4n) is 1.92. The molecule has 0 amide bonds. The molecule has 7 heteroatoms. The minimum Gasteiger partial charge on any atom is -0.377 e. The number of rotatable bonds is 5. The first-order chi connectivity index (χ1) is 8.53. The lowest BCUT2D eigenvalue weighted by Gasteiger charge is -2.15. The Morgan fingerprint density at radius 3 is 2.89 bits per heavy atom. The van der Waals surface area contributed by atoms with Gasteiger partial charge in [-0.15, -0.1) is 11.3 Å². The Morgan fingerprint density at radius 2 is 2.28 bits per heavy atom. The molecule has 2 unspecified atom stereocenters. The summed E-state index contributed by atoms with van der Waals surface area (Å²) in [5, 5.41) is 3.00. The highest BCUT2D eigenvalue weighted by atomic mass is 32.2. The van der Waals surface area contributed by atoms with Crippen LogP contribution in [0, 0.1) is 0 Å². The predicted octanol–water partition coefficient (Wildman–Crippen LogP) is 0.923. The quantitative estimate of drug-likeness (QED) is 0.846. The van der Waals surface area contributed by atoms with E-state index < -0.39 is 10.0 Å². The van der Waals surface area contributed by atoms with E-state index in [0.717, 1.165) is 11.3 Å². The van der Waals surface area contributed by atoms with Crippen molar-refractivity contribution < 1.29 is 13.2 Å². The lowest BCUT2D eigenvalue weighted by molar-refractivity contribution is 0.117. The van der Waals surface area contributed by atoms with E-state index in [-0.39, 0.29) is 12.1 Å². The molecule has 1 aromatic rings. The number of nitrogens with one attached hydrogen (secondary N) is 2. The maximum atomic E-state index is 12.2. The smallest absolute Gasteiger partial charge is 0.250 e. The largest absolute Gasteiger partial charge is 0.377 e. The van der Waals surface area contributed by atoms with Gasteiger partial charge in [-0.1, -0.05) is 0 Å². The van der Waals surface area contributed by atoms with Crippen molar-refractivity contribution in [2.45, 2.75) is 36.2 Å². The van der Waals surface area contributed by atoms with Crippen LogP contribution in [0.15, 0.2) is 16.3 Å². The highest BCUT2D eigenvalue weighted by Crippen LogP contribution is 2.23. The van der Waals surface area contributed by atoms with Crippen LogP contribution in [0.2, 0.25) is 0 Å². The van der Waals surface area contributed by atoms with E-state index in [0.29, 0.717) is 17.4 Å². The van der Waals surface area contributed by atoms with Gasteiger partial charge >= 0.3 is 0 Å². The van der Waals surface area contributed by atoms with Gasteiger partial charge in [0.1, 0.15) is 4.21 Å². The van der Waals surface area contributed by atoms with Crippen LogP contribution in [0.1, 0.15) is 18.2 Å². The summed E-state index contributed by atoms with van der Waals surface area (Å²) in [6.45, 7) is 3.19. The van der Waals surface area contributed by atoms with E-state index in [1.807, 2.05) is 20.0 Å². The molecule has 1 aliphatic heterocycles. The van der Waals surface area contributed by atoms with E-state index >= 15 is 0 Å². The number of thiophene rings is 1. The first-order valence-electron chi connectivity index (χ1n) is 5.90. The van der Waals surface area contributed by atoms with E-state index in [1.54, 1.807) is 6.07 Å². The van der Waals surface area contributed by atoms with Gasteiger partial charge in [0.15, 0.2) is 0 Å². The van der Waals surface area contributed by atoms with Crippen LogP contribution < -0.4 is 10.0 Å². The van der Waals surface area contributed by atoms with Crippen molar-refractivity contribution in [3.05, 3.63) is 17.0 Å². The minimum atomic E-state index is -3.41. The third-order valence-corrected chi connectivity index (χ3v) is 6.00. The van der Waals surface area contributed by atoms with Gasteiger partial charge in [-0.05, 0) is 32.5 Å². The molecule has 1 fully saturated rings. The highest BCUT2D eigenvalue weighted by Gasteiger charge is 2.29. The van der Waals surface area contributed by atoms with E-state index in [2.05, 4.69) is 10.0 Å². The molecule has 0 spiro atoms. The molecule has 5 nitrogen and oxygen atoms in total. The first-order valence-corrected chi connectivity index (χ1v) is 8.20. The van der Waals surface area contributed by atoms with Crippen LogP contribution >= 0.6 is 11.3 Å². The summed E-state index contributed by atoms with van der Waals surface area (Å²) in [5.74, 6) is 0. The van der Waals surface area contributed by atoms with Crippen LogP contribution in [-0.2, 0) is 21.3 Å². The molecule has 1 aliphatic rings. The van der Waals surface area contributed by atoms with Crippen LogP contribution in [0.4, 0.5) is 0 Å². The minimum absolute atomic E-state index is 0.0588. The molecular formula is C11H18N2O3S2. The zero-order valence-electron chi connectivity index (χ0n) is 10.5. The number of ether oxygens (including phenoxy) is 1. The standard InChI is InChI=1S/C11H18N2O3S2/c1-8-10(5-6-16-8)13-18(14,15)11-4-3-9(17-11)7-12-2/h3-4,8,10,12-13H,5-7H2,1-2H3. The molecule has 1 saturated heterocycles. The van der Waals surface area contributed by atoms with Gasteiger partial charge in [0.25, 0.3) is 0 Å². The van der Waals surface area contributed by atoms with Crippen LogP contribution in [0.5, 0.6) is 0 Å². The summed E-state index contributed by atoms with van der Waals surface area (Å²) in [6, 6.07) is 3.37. The summed E-state index contributed by atoms with van der Waals surface area (Å²) in [5.41, 5.74) is 0. The Labute approximate surface area is 112 Å². The molecule has 2 rings (SSSR count). The molecule has 0 aliphatic carbocycles. The Balaban J connectivity index is 2.09. The second-order valence-electron chi connectivity index (χ2n) is 4.34. The molecule has 2 heterocycles. The molecule has 1 aromatic heterocycles. The first kappa shape index (κ1) is 14.0. The van der Waals surface area contributed by atoms with Crippen molar-refractivity contribution >= 4 is 21.4 Å². The van der Waals surface area contributed by atoms with Crippen molar-refractivity contribution in [1.29, 1.82) is 0 Å². The molecule has 0 radical (unpaired) electrons. The normalized spacial score (nSPS) is 24.6. The molecule has 18 heavy (non-hydrogen) atoms. The SMILES string of the molecule is CNCc1ccc(S(=O)(=O)NC2CCOC2C)s1. The second kappa shape index (κ2) is 5.66. The Kier molecular flexibility index (Phi) is 4.39. The van der Waals surface area contributed by atoms with Crippen LogP contribution in [-0.4, -0.2) is 34.2 Å². The Hall–Kier alpha value is -0.470. The van der Waals surface area contributed by atoms with Gasteiger partial charge in [0.2, 0.25) is 10.0 Å². The molecule has 0 bridgehead atoms. The Bertz CT molecular complexity index is 498. The van der Waals surface area contributed by atoms with E-state index in [9.17, 15) is 8.42 Å². The van der Waals surface area contributed by atoms with Gasteiger partial charge in [0, 0.05) is 18.0 Å². The zero-order valence-corrected chi connectivity index (χ0v) is 12.1. The summed E-state index contributed by atoms with van der Waals surface area (Å²) < 4.78 is 32.8. The van der Waals surface area contributed by atoms with Gasteiger partial charge in [-0.25, -0.2) is 13.1 Å². The summed E-state index contributed by atoms with van der Waals surface area (Å²) in [6.07, 6.45) is 0.673. The topological polar surface area (TPSA) is 67.4 Å². The van der Waals surface area contributed by atoms with Gasteiger partial charge in [0.05, 0.1) is 12.1 Å². The zero-order chi connectivity index (χ0) is 13.2. The monoisotopic (exact) mass is 290 g/mol. The van der Waals surface area contributed by atoms with Crippen LogP contribution in [0.25, 0.3) is 0 Å². The van der Waals surface area contributed by atoms with E-state index in [4.69, 9.17) is 4.74 Å². The molecule has 0 saturated carbocycles. The lowest BCUT2D eigenvalue weighted by atomic mass is 10.2. The predicted molar refractivity (Wildman–Crippen MR) is 71.2 cm³/mol. The van der Waals surface area contributed by atoms with Crippen molar-refractivity contribution in [3.8, 4) is 0 Å². The average Bonchev–Trinajstić information content (AvgIpc) is 2.90. The molecule has 0 aromatic carbocycles. The molecule has 102 valence electrons. The molecule has 2 atom stereocenters. The van der Waals surface area contributed by atoms with Crippen LogP contribution in [0.3, 0.4) is 0 Å². The Morgan fingerprint density at radius 1 is 1.50 bits per heavy atom. The highest BCUT2D eigenvalue weighted by molar-refractivity contribution is 7.91. The second-order valence-corrected chi connectivity index (χ2v) is 7.45. The third-order valence-electron chi connectivity index (χ3n) is 2.94. The number of sulfonamides is 1. The lowest BCUT2D eigenvalue weighted by Crippen LogP contribution is -2.38. The van der Waals surface area contributed by atoms with Crippen molar-refractivity contribution in [1.82, 2.24) is 10.0 Å². The maximum Gasteiger partial charge on any atom is 0.250 e. The fourth-order valence-corrected chi connectivity index (χ4v) is 4.64. The molecular weight excluding hydrogens is 272 g/mol. The molecule has 2 N–H and O–H groups in total. The number of hydrogen-bond donors (Lipinski definition) is 2. The third kappa shape index (κ3) is 3.10. The average molecular weight is 290 g/mol. The summed E-state index contributed by atoms with van der Waals surface area (Å²) >= 11 is 1.30. The van der Waals surface area contributed by atoms with Crippen molar-refractivity contribution in [2.75, 3.05) is 13.7 Å². The van der Waals surface area contributed by atoms with E-state index in [1.165, 1.54) is 11.3 Å². The van der Waals surface area contributed by atoms with Crippen molar-refractivity contribution in [2.24, 2.45) is 0 Å². The van der Waals surface area contributed by atoms with Crippen molar-refractivity contribution in [3.63, 3.8) is 0 Å². The fraction of sp³-hybridized carbons (Fsp3) is 0.636. The summed E-state index contributed by atoms with van der Waals surface area (Å²) in [7, 11) is -1.58. The number of hydrogen-bond acceptors (Lipinski definition) is 5. The van der Waals surface area contributed by atoms with Gasteiger partial charge in [-0.3, -0.25) is 0 Å². The van der Waals surface area contributed by atoms with Gasteiger partial charge in [-0.2, -0.15) is 0 Å². The summed E-state index contributed by atoms with van der Waals surface area (Å²) in [4.78, 5) is 1.01. The maximum absolute atomic E-state index is 12.2. The van der Waals surface area contributed by atoms with Gasteiger partial charge < -0.3 is 10.1 Å².